The molecule has 0 saturated carbocycles. The Labute approximate surface area is 182 Å². The van der Waals surface area contributed by atoms with Crippen molar-refractivity contribution in [3.63, 3.8) is 0 Å². The Kier molecular flexibility index (Phi) is 7.26. The molecule has 2 aromatic carbocycles. The first kappa shape index (κ1) is 21.6. The fraction of sp³-hybridized carbons (Fsp3) is 0.200. The van der Waals surface area contributed by atoms with Crippen LogP contribution in [0.2, 0.25) is 10.0 Å². The molecule has 1 aromatic heterocycles. The minimum atomic E-state index is -0.669. The highest BCUT2D eigenvalue weighted by Crippen LogP contribution is 2.27. The van der Waals surface area contributed by atoms with Crippen LogP contribution in [-0.2, 0) is 16.1 Å². The van der Waals surface area contributed by atoms with E-state index in [1.807, 2.05) is 19.1 Å². The average Bonchev–Trinajstić information content (AvgIpc) is 3.22. The van der Waals surface area contributed by atoms with Gasteiger partial charge in [0.15, 0.2) is 6.61 Å². The summed E-state index contributed by atoms with van der Waals surface area (Å²) in [4.78, 5) is 28.2. The highest BCUT2D eigenvalue weighted by Gasteiger charge is 2.15. The van der Waals surface area contributed by atoms with Crippen LogP contribution >= 0.6 is 23.2 Å². The second-order valence-electron chi connectivity index (χ2n) is 5.91. The highest BCUT2D eigenvalue weighted by atomic mass is 35.5. The van der Waals surface area contributed by atoms with Crippen molar-refractivity contribution in [2.75, 3.05) is 13.2 Å². The Morgan fingerprint density at radius 1 is 1.13 bits per heavy atom. The number of ether oxygens (including phenoxy) is 2. The normalized spacial score (nSPS) is 10.5. The van der Waals surface area contributed by atoms with E-state index < -0.39 is 11.9 Å². The van der Waals surface area contributed by atoms with E-state index in [1.165, 1.54) is 18.2 Å². The molecule has 8 nitrogen and oxygen atoms in total. The second-order valence-corrected chi connectivity index (χ2v) is 6.73. The number of esters is 1. The first-order valence-electron chi connectivity index (χ1n) is 8.91. The third-order valence-electron chi connectivity index (χ3n) is 3.83. The van der Waals surface area contributed by atoms with Gasteiger partial charge in [-0.15, -0.1) is 0 Å². The third-order valence-corrected chi connectivity index (χ3v) is 4.57. The topological polar surface area (TPSA) is 104 Å². The monoisotopic (exact) mass is 449 g/mol. The zero-order chi connectivity index (χ0) is 21.5. The fourth-order valence-electron chi connectivity index (χ4n) is 2.44. The van der Waals surface area contributed by atoms with Crippen LogP contribution in [-0.4, -0.2) is 35.2 Å². The number of benzene rings is 2. The van der Waals surface area contributed by atoms with E-state index in [4.69, 9.17) is 37.2 Å². The molecule has 3 aromatic rings. The summed E-state index contributed by atoms with van der Waals surface area (Å²) in [5.41, 5.74) is 0.932. The largest absolute Gasteiger partial charge is 0.493 e. The molecule has 0 unspecified atom stereocenters. The third kappa shape index (κ3) is 5.49. The molecule has 1 N–H and O–H groups in total. The minimum absolute atomic E-state index is 0.112. The maximum Gasteiger partial charge on any atom is 0.325 e. The van der Waals surface area contributed by atoms with Crippen molar-refractivity contribution in [3.8, 4) is 17.1 Å². The molecule has 10 heteroatoms. The molecule has 0 radical (unpaired) electrons. The summed E-state index contributed by atoms with van der Waals surface area (Å²) in [5.74, 6) is -0.108. The van der Waals surface area contributed by atoms with Gasteiger partial charge in [0.05, 0.1) is 22.2 Å². The average molecular weight is 450 g/mol. The van der Waals surface area contributed by atoms with E-state index in [0.29, 0.717) is 28.8 Å². The lowest BCUT2D eigenvalue weighted by atomic mass is 10.2. The molecule has 3 rings (SSSR count). The highest BCUT2D eigenvalue weighted by molar-refractivity contribution is 6.42. The van der Waals surface area contributed by atoms with Crippen molar-refractivity contribution in [2.24, 2.45) is 0 Å². The van der Waals surface area contributed by atoms with Crippen LogP contribution in [0.4, 0.5) is 0 Å². The number of nitrogens with zero attached hydrogens (tertiary/aromatic N) is 2. The maximum absolute atomic E-state index is 12.1. The van der Waals surface area contributed by atoms with E-state index in [-0.39, 0.29) is 29.6 Å². The van der Waals surface area contributed by atoms with Gasteiger partial charge in [-0.1, -0.05) is 40.5 Å². The van der Waals surface area contributed by atoms with Crippen LogP contribution in [0.1, 0.15) is 23.2 Å². The van der Waals surface area contributed by atoms with Gasteiger partial charge in [0, 0.05) is 5.56 Å². The number of carbonyl (C=O) groups excluding carboxylic acids is 2. The predicted molar refractivity (Wildman–Crippen MR) is 109 cm³/mol. The van der Waals surface area contributed by atoms with Crippen LogP contribution in [0.25, 0.3) is 11.4 Å². The number of halogens is 2. The van der Waals surface area contributed by atoms with E-state index in [9.17, 15) is 9.59 Å². The molecule has 156 valence electrons. The summed E-state index contributed by atoms with van der Waals surface area (Å²) in [5, 5.41) is 6.89. The van der Waals surface area contributed by atoms with Crippen molar-refractivity contribution in [1.82, 2.24) is 15.5 Å². The number of nitrogens with one attached hydrogen (secondary N) is 1. The number of rotatable bonds is 8. The van der Waals surface area contributed by atoms with E-state index in [1.54, 1.807) is 12.1 Å². The smallest absolute Gasteiger partial charge is 0.325 e. The molecule has 0 spiro atoms. The lowest BCUT2D eigenvalue weighted by Crippen LogP contribution is -2.30. The molecule has 1 amide bonds. The van der Waals surface area contributed by atoms with Crippen molar-refractivity contribution >= 4 is 35.1 Å². The SMILES string of the molecule is CCOc1ccccc1-c1noc(COC(=O)CNC(=O)c2ccc(Cl)c(Cl)c2)n1. The Bertz CT molecular complexity index is 1050. The molecule has 0 bridgehead atoms. The van der Waals surface area contributed by atoms with Crippen LogP contribution in [0.15, 0.2) is 47.0 Å². The van der Waals surface area contributed by atoms with Crippen molar-refractivity contribution in [2.45, 2.75) is 13.5 Å². The molecule has 1 heterocycles. The molecular formula is C20H17Cl2N3O5. The first-order chi connectivity index (χ1) is 14.5. The fourth-order valence-corrected chi connectivity index (χ4v) is 2.74. The molecular weight excluding hydrogens is 433 g/mol. The lowest BCUT2D eigenvalue weighted by molar-refractivity contribution is -0.144. The maximum atomic E-state index is 12.1. The number of aromatic nitrogens is 2. The molecule has 0 atom stereocenters. The van der Waals surface area contributed by atoms with Crippen LogP contribution < -0.4 is 10.1 Å². The van der Waals surface area contributed by atoms with Gasteiger partial charge in [0.1, 0.15) is 12.3 Å². The standard InChI is InChI=1S/C20H17Cl2N3O5/c1-2-28-16-6-4-3-5-13(16)19-24-17(30-25-19)11-29-18(26)10-23-20(27)12-7-8-14(21)15(22)9-12/h3-9H,2,10-11H2,1H3,(H,23,27). The van der Waals surface area contributed by atoms with Crippen molar-refractivity contribution in [3.05, 3.63) is 64.0 Å². The number of hydrogen-bond donors (Lipinski definition) is 1. The quantitative estimate of drug-likeness (QED) is 0.519. The summed E-state index contributed by atoms with van der Waals surface area (Å²) in [6.07, 6.45) is 0. The Morgan fingerprint density at radius 2 is 1.93 bits per heavy atom. The van der Waals surface area contributed by atoms with Crippen LogP contribution in [0.3, 0.4) is 0 Å². The number of para-hydroxylation sites is 1. The molecule has 0 aliphatic heterocycles. The van der Waals surface area contributed by atoms with E-state index in [0.717, 1.165) is 0 Å². The molecule has 0 fully saturated rings. The Hall–Kier alpha value is -3.10. The van der Waals surface area contributed by atoms with Gasteiger partial charge in [-0.05, 0) is 37.3 Å². The zero-order valence-electron chi connectivity index (χ0n) is 15.9. The summed E-state index contributed by atoms with van der Waals surface area (Å²) in [6.45, 7) is 1.80. The summed E-state index contributed by atoms with van der Waals surface area (Å²) in [6, 6.07) is 11.6. The number of hydrogen-bond acceptors (Lipinski definition) is 7. The van der Waals surface area contributed by atoms with E-state index >= 15 is 0 Å². The number of amides is 1. The lowest BCUT2D eigenvalue weighted by Gasteiger charge is -2.06. The molecule has 0 saturated heterocycles. The van der Waals surface area contributed by atoms with Gasteiger partial charge in [0.25, 0.3) is 11.8 Å². The van der Waals surface area contributed by atoms with Gasteiger partial charge in [-0.3, -0.25) is 9.59 Å². The van der Waals surface area contributed by atoms with Gasteiger partial charge in [-0.2, -0.15) is 4.98 Å². The van der Waals surface area contributed by atoms with Gasteiger partial charge in [0.2, 0.25) is 5.82 Å². The van der Waals surface area contributed by atoms with E-state index in [2.05, 4.69) is 15.5 Å². The summed E-state index contributed by atoms with van der Waals surface area (Å²) >= 11 is 11.7. The minimum Gasteiger partial charge on any atom is -0.493 e. The van der Waals surface area contributed by atoms with Crippen LogP contribution in [0.5, 0.6) is 5.75 Å². The molecule has 30 heavy (non-hydrogen) atoms. The van der Waals surface area contributed by atoms with Gasteiger partial charge < -0.3 is 19.3 Å². The van der Waals surface area contributed by atoms with Crippen molar-refractivity contribution < 1.29 is 23.6 Å². The van der Waals surface area contributed by atoms with Gasteiger partial charge in [-0.25, -0.2) is 0 Å². The van der Waals surface area contributed by atoms with Crippen molar-refractivity contribution in [1.29, 1.82) is 0 Å². The number of carbonyl (C=O) groups is 2. The van der Waals surface area contributed by atoms with Gasteiger partial charge >= 0.3 is 5.97 Å². The second kappa shape index (κ2) is 10.1. The zero-order valence-corrected chi connectivity index (χ0v) is 17.4. The predicted octanol–water partition coefficient (Wildman–Crippen LogP) is 3.92. The summed E-state index contributed by atoms with van der Waals surface area (Å²) in [7, 11) is 0. The Balaban J connectivity index is 1.52. The molecule has 0 aliphatic carbocycles. The summed E-state index contributed by atoms with van der Waals surface area (Å²) < 4.78 is 15.7. The Morgan fingerprint density at radius 3 is 2.70 bits per heavy atom. The molecule has 0 aliphatic rings. The first-order valence-corrected chi connectivity index (χ1v) is 9.67. The van der Waals surface area contributed by atoms with Crippen LogP contribution in [0, 0.1) is 0 Å².